The van der Waals surface area contributed by atoms with Gasteiger partial charge in [-0.2, -0.15) is 0 Å². The molecular formula is C51H96N2O6P+. The predicted octanol–water partition coefficient (Wildman–Crippen LogP) is 14.2. The van der Waals surface area contributed by atoms with Crippen LogP contribution in [-0.4, -0.2) is 73.4 Å². The van der Waals surface area contributed by atoms with Crippen molar-refractivity contribution in [3.8, 4) is 0 Å². The van der Waals surface area contributed by atoms with E-state index < -0.39 is 20.0 Å². The molecule has 0 spiro atoms. The molecule has 0 aliphatic heterocycles. The number of unbranched alkanes of at least 4 members (excludes halogenated alkanes) is 21. The number of carbonyl (C=O) groups excluding carboxylic acids is 1. The van der Waals surface area contributed by atoms with Crippen LogP contribution in [0.3, 0.4) is 0 Å². The first-order valence-electron chi connectivity index (χ1n) is 24.7. The van der Waals surface area contributed by atoms with Crippen LogP contribution in [0.1, 0.15) is 206 Å². The highest BCUT2D eigenvalue weighted by Gasteiger charge is 2.28. The fourth-order valence-electron chi connectivity index (χ4n) is 6.90. The summed E-state index contributed by atoms with van der Waals surface area (Å²) in [5, 5.41) is 13.9. The van der Waals surface area contributed by atoms with E-state index in [2.05, 4.69) is 79.9 Å². The van der Waals surface area contributed by atoms with E-state index in [9.17, 15) is 19.4 Å². The number of nitrogens with zero attached hydrogens (tertiary/aromatic N) is 1. The number of hydrogen-bond donors (Lipinski definition) is 3. The third-order valence-electron chi connectivity index (χ3n) is 10.8. The van der Waals surface area contributed by atoms with Crippen LogP contribution in [0.2, 0.25) is 0 Å². The number of hydrogen-bond acceptors (Lipinski definition) is 5. The molecule has 0 rings (SSSR count). The average Bonchev–Trinajstić information content (AvgIpc) is 3.20. The number of nitrogens with one attached hydrogen (secondary N) is 1. The molecular weight excluding hydrogens is 768 g/mol. The maximum absolute atomic E-state index is 12.9. The van der Waals surface area contributed by atoms with Gasteiger partial charge in [-0.3, -0.25) is 13.8 Å². The summed E-state index contributed by atoms with van der Waals surface area (Å²) in [6.45, 7) is 4.74. The number of amides is 1. The van der Waals surface area contributed by atoms with Crippen molar-refractivity contribution in [2.24, 2.45) is 0 Å². The lowest BCUT2D eigenvalue weighted by atomic mass is 10.0. The van der Waals surface area contributed by atoms with Crippen LogP contribution in [0.5, 0.6) is 0 Å². The number of carbonyl (C=O) groups is 1. The number of aliphatic hydroxyl groups is 1. The molecule has 0 aromatic carbocycles. The topological polar surface area (TPSA) is 105 Å². The Morgan fingerprint density at radius 2 is 1.00 bits per heavy atom. The Balaban J connectivity index is 4.06. The summed E-state index contributed by atoms with van der Waals surface area (Å²) >= 11 is 0. The van der Waals surface area contributed by atoms with Crippen LogP contribution in [-0.2, 0) is 18.4 Å². The van der Waals surface area contributed by atoms with Crippen LogP contribution in [0.4, 0.5) is 0 Å². The summed E-state index contributed by atoms with van der Waals surface area (Å²) in [5.41, 5.74) is 0. The second-order valence-electron chi connectivity index (χ2n) is 17.8. The Hall–Kier alpha value is -1.80. The van der Waals surface area contributed by atoms with E-state index in [-0.39, 0.29) is 19.1 Å². The molecule has 1 amide bonds. The molecule has 3 N–H and O–H groups in total. The van der Waals surface area contributed by atoms with Crippen molar-refractivity contribution in [2.75, 3.05) is 40.9 Å². The molecule has 0 saturated carbocycles. The Bertz CT molecular complexity index is 1160. The fraction of sp³-hybridized carbons (Fsp3) is 0.784. The molecule has 0 fully saturated rings. The molecule has 0 aromatic heterocycles. The lowest BCUT2D eigenvalue weighted by Crippen LogP contribution is -2.46. The Morgan fingerprint density at radius 3 is 1.47 bits per heavy atom. The van der Waals surface area contributed by atoms with Crippen molar-refractivity contribution in [3.05, 3.63) is 60.8 Å². The lowest BCUT2D eigenvalue weighted by Gasteiger charge is -2.26. The third-order valence-corrected chi connectivity index (χ3v) is 11.8. The summed E-state index contributed by atoms with van der Waals surface area (Å²) < 4.78 is 23.6. The van der Waals surface area contributed by atoms with Gasteiger partial charge in [0.2, 0.25) is 5.91 Å². The molecule has 0 saturated heterocycles. The van der Waals surface area contributed by atoms with Crippen molar-refractivity contribution in [3.63, 3.8) is 0 Å². The zero-order valence-electron chi connectivity index (χ0n) is 39.7. The summed E-state index contributed by atoms with van der Waals surface area (Å²) in [6.07, 6.45) is 55.6. The number of aliphatic hydroxyl groups excluding tert-OH is 1. The van der Waals surface area contributed by atoms with Crippen molar-refractivity contribution in [2.45, 2.75) is 219 Å². The highest BCUT2D eigenvalue weighted by molar-refractivity contribution is 7.47. The standard InChI is InChI=1S/C51H95N2O6P/c1-6-8-10-12-14-16-17-18-19-20-21-22-23-24-25-26-27-28-29-30-31-32-33-34-35-37-39-41-43-45-51(55)52-49(48-59-60(56,57)58-47-46-53(3,4)5)50(54)44-42-40-38-36-15-13-11-9-7-2/h8,10,14,16,18-19,21-22,24-25,49-50,54H,6-7,9,11-13,15,17,20,23,26-48H2,1-5H3,(H-,52,55,56,57)/p+1/b10-8-,16-14-,19-18-,22-21-,25-24-. The molecule has 9 heteroatoms. The largest absolute Gasteiger partial charge is 0.472 e. The van der Waals surface area contributed by atoms with E-state index in [0.29, 0.717) is 23.9 Å². The van der Waals surface area contributed by atoms with Gasteiger partial charge >= 0.3 is 7.82 Å². The molecule has 0 aliphatic carbocycles. The average molecular weight is 864 g/mol. The second kappa shape index (κ2) is 42.5. The summed E-state index contributed by atoms with van der Waals surface area (Å²) in [4.78, 5) is 23.1. The van der Waals surface area contributed by atoms with E-state index >= 15 is 0 Å². The highest BCUT2D eigenvalue weighted by Crippen LogP contribution is 2.43. The molecule has 3 atom stereocenters. The molecule has 0 aromatic rings. The van der Waals surface area contributed by atoms with Crippen LogP contribution in [0, 0.1) is 0 Å². The van der Waals surface area contributed by atoms with Crippen LogP contribution < -0.4 is 5.32 Å². The molecule has 60 heavy (non-hydrogen) atoms. The second-order valence-corrected chi connectivity index (χ2v) is 19.3. The van der Waals surface area contributed by atoms with Crippen molar-refractivity contribution in [1.82, 2.24) is 5.32 Å². The molecule has 350 valence electrons. The van der Waals surface area contributed by atoms with Crippen LogP contribution in [0.25, 0.3) is 0 Å². The first-order valence-corrected chi connectivity index (χ1v) is 26.1. The zero-order chi connectivity index (χ0) is 44.3. The fourth-order valence-corrected chi connectivity index (χ4v) is 7.63. The van der Waals surface area contributed by atoms with Crippen LogP contribution >= 0.6 is 7.82 Å². The Morgan fingerprint density at radius 1 is 0.583 bits per heavy atom. The predicted molar refractivity (Wildman–Crippen MR) is 258 cm³/mol. The normalized spacial score (nSPS) is 14.7. The summed E-state index contributed by atoms with van der Waals surface area (Å²) in [6, 6.07) is -0.761. The molecule has 3 unspecified atom stereocenters. The van der Waals surface area contributed by atoms with Gasteiger partial charge in [0.05, 0.1) is 39.9 Å². The summed E-state index contributed by atoms with van der Waals surface area (Å²) in [5.74, 6) is -0.150. The molecule has 8 nitrogen and oxygen atoms in total. The number of allylic oxidation sites excluding steroid dienone is 10. The molecule has 0 radical (unpaired) electrons. The van der Waals surface area contributed by atoms with Gasteiger partial charge in [-0.1, -0.05) is 203 Å². The van der Waals surface area contributed by atoms with Crippen molar-refractivity contribution < 1.29 is 32.9 Å². The number of likely N-dealkylation sites (N-methyl/N-ethyl adjacent to an activating group) is 1. The van der Waals surface area contributed by atoms with Gasteiger partial charge in [0.15, 0.2) is 0 Å². The minimum absolute atomic E-state index is 0.0726. The molecule has 0 heterocycles. The minimum atomic E-state index is -4.31. The van der Waals surface area contributed by atoms with Gasteiger partial charge in [0.25, 0.3) is 0 Å². The zero-order valence-corrected chi connectivity index (χ0v) is 40.6. The number of quaternary nitrogens is 1. The van der Waals surface area contributed by atoms with Crippen molar-refractivity contribution in [1.29, 1.82) is 0 Å². The van der Waals surface area contributed by atoms with Gasteiger partial charge in [-0.05, 0) is 57.8 Å². The molecule has 0 aliphatic rings. The smallest absolute Gasteiger partial charge is 0.391 e. The number of rotatable bonds is 44. The van der Waals surface area contributed by atoms with Gasteiger partial charge < -0.3 is 19.8 Å². The SMILES string of the molecule is CC/C=C\C/C=C\C/C=C\C/C=C\C/C=C\CCCCCCCCCCCCCCCC(=O)NC(COP(=O)(O)OCC[N+](C)(C)C)C(O)CCCCCCCCCCC. The number of phosphoric acid groups is 1. The number of phosphoric ester groups is 1. The van der Waals surface area contributed by atoms with Gasteiger partial charge in [0.1, 0.15) is 13.2 Å². The van der Waals surface area contributed by atoms with E-state index in [0.717, 1.165) is 70.6 Å². The summed E-state index contributed by atoms with van der Waals surface area (Å²) in [7, 11) is 1.61. The molecule has 0 bridgehead atoms. The Labute approximate surface area is 371 Å². The monoisotopic (exact) mass is 864 g/mol. The van der Waals surface area contributed by atoms with E-state index in [1.54, 1.807) is 0 Å². The quantitative estimate of drug-likeness (QED) is 0.0244. The first-order chi connectivity index (χ1) is 29.0. The van der Waals surface area contributed by atoms with Gasteiger partial charge in [-0.25, -0.2) is 4.57 Å². The lowest BCUT2D eigenvalue weighted by molar-refractivity contribution is -0.870. The van der Waals surface area contributed by atoms with Gasteiger partial charge in [-0.15, -0.1) is 0 Å². The van der Waals surface area contributed by atoms with E-state index in [1.807, 2.05) is 21.1 Å². The van der Waals surface area contributed by atoms with Crippen LogP contribution in [0.15, 0.2) is 60.8 Å². The van der Waals surface area contributed by atoms with Crippen molar-refractivity contribution >= 4 is 13.7 Å². The van der Waals surface area contributed by atoms with E-state index in [4.69, 9.17) is 9.05 Å². The first kappa shape index (κ1) is 58.2. The maximum Gasteiger partial charge on any atom is 0.472 e. The van der Waals surface area contributed by atoms with Gasteiger partial charge in [0, 0.05) is 6.42 Å². The Kier molecular flexibility index (Phi) is 41.2. The minimum Gasteiger partial charge on any atom is -0.391 e. The maximum atomic E-state index is 12.9. The third kappa shape index (κ3) is 44.3. The highest BCUT2D eigenvalue weighted by atomic mass is 31.2. The van der Waals surface area contributed by atoms with E-state index in [1.165, 1.54) is 109 Å².